The Morgan fingerprint density at radius 3 is 2.45 bits per heavy atom. The third-order valence-electron chi connectivity index (χ3n) is 8.37. The van der Waals surface area contributed by atoms with Crippen LogP contribution in [0.4, 0.5) is 4.79 Å². The van der Waals surface area contributed by atoms with Crippen LogP contribution in [0.25, 0.3) is 10.9 Å². The Morgan fingerprint density at radius 2 is 1.73 bits per heavy atom. The molecule has 2 atom stereocenters. The second-order valence-corrected chi connectivity index (χ2v) is 10.9. The predicted molar refractivity (Wildman–Crippen MR) is 157 cm³/mol. The quantitative estimate of drug-likeness (QED) is 0.291. The largest absolute Gasteiger partial charge is 0.497 e. The predicted octanol–water partition coefficient (Wildman–Crippen LogP) is 6.49. The summed E-state index contributed by atoms with van der Waals surface area (Å²) in [5, 5.41) is 1.22. The summed E-state index contributed by atoms with van der Waals surface area (Å²) in [6.07, 6.45) is 3.92. The molecule has 2 aliphatic heterocycles. The van der Waals surface area contributed by atoms with Crippen molar-refractivity contribution in [2.24, 2.45) is 0 Å². The van der Waals surface area contributed by atoms with Gasteiger partial charge in [0.25, 0.3) is 0 Å². The molecule has 0 saturated carbocycles. The lowest BCUT2D eigenvalue weighted by Gasteiger charge is -2.35. The number of fused-ring (bicyclic) bond motifs is 3. The van der Waals surface area contributed by atoms with Gasteiger partial charge in [-0.05, 0) is 106 Å². The van der Waals surface area contributed by atoms with Gasteiger partial charge in [0.15, 0.2) is 0 Å². The average Bonchev–Trinajstić information content (AvgIpc) is 3.55. The molecule has 0 spiro atoms. The van der Waals surface area contributed by atoms with Gasteiger partial charge in [0.1, 0.15) is 23.3 Å². The maximum atomic E-state index is 13.6. The molecule has 1 N–H and O–H groups in total. The lowest BCUT2D eigenvalue weighted by atomic mass is 9.92. The Hall–Kier alpha value is -3.97. The number of benzene rings is 3. The number of aromatic nitrogens is 1. The van der Waals surface area contributed by atoms with E-state index >= 15 is 0 Å². The lowest BCUT2D eigenvalue weighted by molar-refractivity contribution is 0.135. The molecule has 1 saturated heterocycles. The van der Waals surface area contributed by atoms with Crippen LogP contribution in [0.2, 0.25) is 0 Å². The number of amides is 1. The van der Waals surface area contributed by atoms with Crippen molar-refractivity contribution in [3.05, 3.63) is 89.1 Å². The highest BCUT2D eigenvalue weighted by Gasteiger charge is 2.35. The van der Waals surface area contributed by atoms with Crippen molar-refractivity contribution in [1.82, 2.24) is 14.8 Å². The number of carbonyl (C=O) groups excluding carboxylic acids is 1. The summed E-state index contributed by atoms with van der Waals surface area (Å²) in [7, 11) is 3.81. The first-order valence-corrected chi connectivity index (χ1v) is 14.2. The number of rotatable bonds is 7. The first-order chi connectivity index (χ1) is 19.5. The summed E-state index contributed by atoms with van der Waals surface area (Å²) in [6, 6.07) is 22.0. The zero-order valence-corrected chi connectivity index (χ0v) is 23.5. The average molecular weight is 540 g/mol. The number of hydrogen-bond donors (Lipinski definition) is 1. The highest BCUT2D eigenvalue weighted by molar-refractivity contribution is 5.87. The molecule has 1 fully saturated rings. The van der Waals surface area contributed by atoms with Crippen LogP contribution in [0.1, 0.15) is 47.7 Å². The molecule has 6 rings (SSSR count). The third kappa shape index (κ3) is 5.26. The van der Waals surface area contributed by atoms with E-state index in [0.29, 0.717) is 30.7 Å². The molecule has 0 bridgehead atoms. The van der Waals surface area contributed by atoms with Crippen molar-refractivity contribution in [2.45, 2.75) is 44.7 Å². The van der Waals surface area contributed by atoms with Crippen LogP contribution in [0.15, 0.2) is 66.7 Å². The number of aromatic amines is 1. The summed E-state index contributed by atoms with van der Waals surface area (Å²) in [5.74, 6) is 2.05. The number of methoxy groups -OCH3 is 1. The van der Waals surface area contributed by atoms with E-state index in [1.165, 1.54) is 35.9 Å². The third-order valence-corrected chi connectivity index (χ3v) is 8.37. The van der Waals surface area contributed by atoms with Gasteiger partial charge in [-0.15, -0.1) is 0 Å². The Kier molecular flexibility index (Phi) is 7.39. The van der Waals surface area contributed by atoms with Crippen LogP contribution in [0.3, 0.4) is 0 Å². The maximum absolute atomic E-state index is 13.6. The van der Waals surface area contributed by atoms with E-state index in [4.69, 9.17) is 14.2 Å². The summed E-state index contributed by atoms with van der Waals surface area (Å²) < 4.78 is 17.2. The van der Waals surface area contributed by atoms with Crippen LogP contribution in [-0.2, 0) is 6.42 Å². The minimum Gasteiger partial charge on any atom is -0.497 e. The molecule has 1 aromatic heterocycles. The Labute approximate surface area is 235 Å². The first kappa shape index (κ1) is 26.3. The molecular formula is C33H37N3O4. The fraction of sp³-hybridized carbons (Fsp3) is 0.364. The van der Waals surface area contributed by atoms with Crippen molar-refractivity contribution in [2.75, 3.05) is 33.9 Å². The van der Waals surface area contributed by atoms with Gasteiger partial charge in [0.05, 0.1) is 13.7 Å². The molecule has 3 aromatic carbocycles. The molecule has 7 nitrogen and oxygen atoms in total. The SMILES string of the molecule is COc1ccc(OC(=O)N2CCc3c([nH]c4ccc(C)cc34)C2c2ccc(OCCC3CCCN3C)cc2)cc1. The monoisotopic (exact) mass is 539 g/mol. The summed E-state index contributed by atoms with van der Waals surface area (Å²) >= 11 is 0. The Morgan fingerprint density at radius 1 is 0.975 bits per heavy atom. The lowest BCUT2D eigenvalue weighted by Crippen LogP contribution is -2.42. The molecule has 0 aliphatic carbocycles. The number of nitrogens with one attached hydrogen (secondary N) is 1. The molecule has 7 heteroatoms. The molecule has 0 radical (unpaired) electrons. The van der Waals surface area contributed by atoms with Gasteiger partial charge in [-0.1, -0.05) is 23.8 Å². The second-order valence-electron chi connectivity index (χ2n) is 10.9. The van der Waals surface area contributed by atoms with Crippen LogP contribution in [0.5, 0.6) is 17.2 Å². The van der Waals surface area contributed by atoms with Crippen LogP contribution >= 0.6 is 0 Å². The van der Waals surface area contributed by atoms with Gasteiger partial charge in [0, 0.05) is 29.2 Å². The normalized spacial score (nSPS) is 19.0. The van der Waals surface area contributed by atoms with Gasteiger partial charge < -0.3 is 24.1 Å². The van der Waals surface area contributed by atoms with Gasteiger partial charge in [0.2, 0.25) is 0 Å². The summed E-state index contributed by atoms with van der Waals surface area (Å²) in [5.41, 5.74) is 5.62. The highest BCUT2D eigenvalue weighted by atomic mass is 16.6. The zero-order chi connectivity index (χ0) is 27.6. The highest BCUT2D eigenvalue weighted by Crippen LogP contribution is 2.39. The molecule has 208 valence electrons. The minimum absolute atomic E-state index is 0.302. The van der Waals surface area contributed by atoms with Gasteiger partial charge in [-0.2, -0.15) is 0 Å². The van der Waals surface area contributed by atoms with E-state index in [0.717, 1.165) is 35.4 Å². The number of nitrogens with zero attached hydrogens (tertiary/aromatic N) is 2. The van der Waals surface area contributed by atoms with Crippen molar-refractivity contribution >= 4 is 17.0 Å². The molecular weight excluding hydrogens is 502 g/mol. The van der Waals surface area contributed by atoms with E-state index in [1.807, 2.05) is 17.0 Å². The number of ether oxygens (including phenoxy) is 3. The number of H-pyrrole nitrogens is 1. The van der Waals surface area contributed by atoms with Crippen LogP contribution in [-0.4, -0.2) is 60.8 Å². The number of likely N-dealkylation sites (tertiary alicyclic amines) is 1. The van der Waals surface area contributed by atoms with E-state index in [2.05, 4.69) is 54.2 Å². The first-order valence-electron chi connectivity index (χ1n) is 14.2. The van der Waals surface area contributed by atoms with E-state index < -0.39 is 0 Å². The number of carbonyl (C=O) groups is 1. The molecule has 40 heavy (non-hydrogen) atoms. The van der Waals surface area contributed by atoms with E-state index in [-0.39, 0.29) is 12.1 Å². The smallest absolute Gasteiger partial charge is 0.416 e. The summed E-state index contributed by atoms with van der Waals surface area (Å²) in [4.78, 5) is 21.5. The van der Waals surface area contributed by atoms with Crippen LogP contribution in [0, 0.1) is 6.92 Å². The molecule has 2 unspecified atom stereocenters. The second kappa shape index (κ2) is 11.3. The Balaban J connectivity index is 1.26. The maximum Gasteiger partial charge on any atom is 0.416 e. The topological polar surface area (TPSA) is 67.0 Å². The van der Waals surface area contributed by atoms with Crippen molar-refractivity contribution in [3.63, 3.8) is 0 Å². The molecule has 1 amide bonds. The summed E-state index contributed by atoms with van der Waals surface area (Å²) in [6.45, 7) is 4.54. The van der Waals surface area contributed by atoms with Gasteiger partial charge in [-0.3, -0.25) is 4.90 Å². The zero-order valence-electron chi connectivity index (χ0n) is 23.5. The Bertz CT molecular complexity index is 1480. The fourth-order valence-electron chi connectivity index (χ4n) is 6.15. The number of aryl methyl sites for hydroxylation is 1. The minimum atomic E-state index is -0.378. The number of hydrogen-bond acceptors (Lipinski definition) is 5. The van der Waals surface area contributed by atoms with Crippen molar-refractivity contribution in [3.8, 4) is 17.2 Å². The van der Waals surface area contributed by atoms with E-state index in [9.17, 15) is 4.79 Å². The molecule has 2 aliphatic rings. The fourth-order valence-corrected chi connectivity index (χ4v) is 6.15. The van der Waals surface area contributed by atoms with Gasteiger partial charge in [-0.25, -0.2) is 4.79 Å². The van der Waals surface area contributed by atoms with Crippen molar-refractivity contribution in [1.29, 1.82) is 0 Å². The van der Waals surface area contributed by atoms with E-state index in [1.54, 1.807) is 31.4 Å². The van der Waals surface area contributed by atoms with Crippen LogP contribution < -0.4 is 14.2 Å². The van der Waals surface area contributed by atoms with Crippen molar-refractivity contribution < 1.29 is 19.0 Å². The van der Waals surface area contributed by atoms with Gasteiger partial charge >= 0.3 is 6.09 Å². The molecule has 4 aromatic rings. The standard InChI is InChI=1S/C33H37N3O4/c1-22-6-15-30-29(21-22)28-16-19-36(33(37)40-27-13-11-25(38-3)12-14-27)32(31(28)34-30)23-7-9-26(10-8-23)39-20-17-24-5-4-18-35(24)2/h6-15,21,24,32,34H,4-5,16-20H2,1-3H3. The molecule has 3 heterocycles.